The molecule has 14 heteroatoms. The number of imide groups is 2. The normalized spacial score (nSPS) is 18.5. The highest BCUT2D eigenvalue weighted by molar-refractivity contribution is 6.23. The van der Waals surface area contributed by atoms with E-state index >= 15 is 4.39 Å². The van der Waals surface area contributed by atoms with Crippen molar-refractivity contribution in [2.24, 2.45) is 0 Å². The fourth-order valence-electron chi connectivity index (χ4n) is 7.00. The lowest BCUT2D eigenvalue weighted by atomic mass is 10.0. The largest absolute Gasteiger partial charge is 0.457 e. The molecule has 2 saturated heterocycles. The van der Waals surface area contributed by atoms with Gasteiger partial charge in [-0.3, -0.25) is 34.3 Å². The number of nitrogens with zero attached hydrogens (tertiary/aromatic N) is 6. The first-order valence-electron chi connectivity index (χ1n) is 16.3. The summed E-state index contributed by atoms with van der Waals surface area (Å²) in [4.78, 5) is 62.0. The van der Waals surface area contributed by atoms with E-state index in [-0.39, 0.29) is 42.1 Å². The number of fused-ring (bicyclic) bond motifs is 2. The highest BCUT2D eigenvalue weighted by atomic mass is 19.1. The predicted octanol–water partition coefficient (Wildman–Crippen LogP) is 4.25. The summed E-state index contributed by atoms with van der Waals surface area (Å²) in [6.07, 6.45) is 2.80. The Labute approximate surface area is 284 Å². The maximum Gasteiger partial charge on any atom is 0.265 e. The van der Waals surface area contributed by atoms with Crippen molar-refractivity contribution in [3.63, 3.8) is 0 Å². The maximum absolute atomic E-state index is 15.9. The molecule has 1 atom stereocenters. The molecule has 0 saturated carbocycles. The number of benzene rings is 3. The van der Waals surface area contributed by atoms with E-state index < -0.39 is 35.5 Å². The summed E-state index contributed by atoms with van der Waals surface area (Å²) >= 11 is 0. The molecule has 13 nitrogen and oxygen atoms in total. The number of hydrogen-bond donors (Lipinski definition) is 2. The van der Waals surface area contributed by atoms with Gasteiger partial charge in [-0.05, 0) is 61.7 Å². The van der Waals surface area contributed by atoms with Crippen LogP contribution in [0.3, 0.4) is 0 Å². The van der Waals surface area contributed by atoms with E-state index in [0.717, 1.165) is 16.2 Å². The van der Waals surface area contributed by atoms with Crippen molar-refractivity contribution in [3.05, 3.63) is 95.6 Å². The van der Waals surface area contributed by atoms with Crippen molar-refractivity contribution in [1.82, 2.24) is 34.9 Å². The van der Waals surface area contributed by atoms with Gasteiger partial charge >= 0.3 is 0 Å². The van der Waals surface area contributed by atoms with Gasteiger partial charge in [0.2, 0.25) is 11.8 Å². The Morgan fingerprint density at radius 3 is 2.36 bits per heavy atom. The van der Waals surface area contributed by atoms with Crippen LogP contribution in [0.4, 0.5) is 10.2 Å². The van der Waals surface area contributed by atoms with E-state index in [9.17, 15) is 19.2 Å². The Bertz CT molecular complexity index is 2180. The van der Waals surface area contributed by atoms with Crippen LogP contribution in [0.5, 0.6) is 11.5 Å². The molecule has 0 radical (unpaired) electrons. The van der Waals surface area contributed by atoms with Crippen LogP contribution in [0.15, 0.2) is 73.1 Å². The number of aromatic nitrogens is 4. The second kappa shape index (κ2) is 12.5. The second-order valence-corrected chi connectivity index (χ2v) is 12.6. The van der Waals surface area contributed by atoms with Gasteiger partial charge in [0, 0.05) is 37.2 Å². The first-order valence-corrected chi connectivity index (χ1v) is 16.3. The van der Waals surface area contributed by atoms with E-state index in [1.54, 1.807) is 0 Å². The number of halogens is 1. The smallest absolute Gasteiger partial charge is 0.265 e. The highest BCUT2D eigenvalue weighted by Gasteiger charge is 2.46. The van der Waals surface area contributed by atoms with Gasteiger partial charge in [-0.25, -0.2) is 19.0 Å². The fraction of sp³-hybridized carbons (Fsp3) is 0.250. The standard InChI is InChI=1S/C36H31FN8O5/c37-30-21(8-11-25-28(30)36(49)44(35(25)48)26-12-13-27(46)41-34(26)47)18-43-16-14-22(15-17-43)45-33-29(32(38)39-19-40-33)31(42-45)20-6-9-24(10-7-20)50-23-4-2-1-3-5-23/h1-11,19,22,26H,12-18H2,(H2,38,39,40)(H,41,46,47)/t26-/m0/s1. The third-order valence-corrected chi connectivity index (χ3v) is 9.55. The molecule has 4 amide bonds. The van der Waals surface area contributed by atoms with E-state index in [1.807, 2.05) is 59.3 Å². The molecule has 3 N–H and O–H groups in total. The topological polar surface area (TPSA) is 166 Å². The summed E-state index contributed by atoms with van der Waals surface area (Å²) in [5.74, 6) is -1.84. The van der Waals surface area contributed by atoms with E-state index in [1.165, 1.54) is 18.5 Å². The van der Waals surface area contributed by atoms with Crippen molar-refractivity contribution in [3.8, 4) is 22.8 Å². The quantitative estimate of drug-likeness (QED) is 0.239. The summed E-state index contributed by atoms with van der Waals surface area (Å²) in [6.45, 7) is 1.45. The number of carbonyl (C=O) groups is 4. The van der Waals surface area contributed by atoms with Crippen LogP contribution in [0.1, 0.15) is 58.0 Å². The Morgan fingerprint density at radius 1 is 0.880 bits per heavy atom. The molecule has 3 aliphatic heterocycles. The van der Waals surface area contributed by atoms with Crippen LogP contribution in [-0.4, -0.2) is 72.3 Å². The molecular weight excluding hydrogens is 643 g/mol. The van der Waals surface area contributed by atoms with Gasteiger partial charge in [-0.1, -0.05) is 24.3 Å². The van der Waals surface area contributed by atoms with Gasteiger partial charge < -0.3 is 10.5 Å². The zero-order valence-electron chi connectivity index (χ0n) is 26.7. The number of nitrogens with two attached hydrogens (primary N) is 1. The Kier molecular flexibility index (Phi) is 7.79. The van der Waals surface area contributed by atoms with Crippen molar-refractivity contribution >= 4 is 40.5 Å². The van der Waals surface area contributed by atoms with E-state index in [0.29, 0.717) is 54.2 Å². The first-order chi connectivity index (χ1) is 24.3. The summed E-state index contributed by atoms with van der Waals surface area (Å²) in [5, 5.41) is 7.80. The van der Waals surface area contributed by atoms with Crippen molar-refractivity contribution < 1.29 is 28.3 Å². The zero-order chi connectivity index (χ0) is 34.5. The maximum atomic E-state index is 15.9. The van der Waals surface area contributed by atoms with Gasteiger partial charge in [-0.2, -0.15) is 5.10 Å². The number of hydrogen-bond acceptors (Lipinski definition) is 10. The molecule has 50 heavy (non-hydrogen) atoms. The Morgan fingerprint density at radius 2 is 1.62 bits per heavy atom. The number of nitrogens with one attached hydrogen (secondary N) is 1. The molecule has 2 aromatic heterocycles. The minimum absolute atomic E-state index is 0.00120. The molecule has 0 unspecified atom stereocenters. The number of anilines is 1. The lowest BCUT2D eigenvalue weighted by Gasteiger charge is -2.32. The average molecular weight is 675 g/mol. The van der Waals surface area contributed by atoms with Gasteiger partial charge in [0.15, 0.2) is 5.65 Å². The number of nitrogen functional groups attached to an aromatic ring is 1. The lowest BCUT2D eigenvalue weighted by Crippen LogP contribution is -2.54. The van der Waals surface area contributed by atoms with Crippen molar-refractivity contribution in [2.45, 2.75) is 44.3 Å². The van der Waals surface area contributed by atoms with Gasteiger partial charge in [0.1, 0.15) is 41.2 Å². The number of likely N-dealkylation sites (tertiary alicyclic amines) is 1. The molecule has 0 aliphatic carbocycles. The number of ether oxygens (including phenoxy) is 1. The van der Waals surface area contributed by atoms with Crippen LogP contribution >= 0.6 is 0 Å². The van der Waals surface area contributed by atoms with Gasteiger partial charge in [-0.15, -0.1) is 0 Å². The minimum atomic E-state index is -1.16. The molecule has 252 valence electrons. The third kappa shape index (κ3) is 5.43. The lowest BCUT2D eigenvalue weighted by molar-refractivity contribution is -0.136. The Balaban J connectivity index is 0.979. The van der Waals surface area contributed by atoms with Crippen molar-refractivity contribution in [2.75, 3.05) is 18.8 Å². The molecular formula is C36H31FN8O5. The number of para-hydroxylation sites is 1. The number of carbonyl (C=O) groups excluding carboxylic acids is 4. The molecule has 5 aromatic rings. The van der Waals surface area contributed by atoms with Crippen LogP contribution < -0.4 is 15.8 Å². The van der Waals surface area contributed by atoms with Crippen LogP contribution in [0, 0.1) is 5.82 Å². The average Bonchev–Trinajstić information content (AvgIpc) is 3.63. The molecule has 0 spiro atoms. The van der Waals surface area contributed by atoms with Crippen LogP contribution in [0.25, 0.3) is 22.3 Å². The summed E-state index contributed by atoms with van der Waals surface area (Å²) < 4.78 is 23.7. The fourth-order valence-corrected chi connectivity index (χ4v) is 7.00. The number of amides is 4. The highest BCUT2D eigenvalue weighted by Crippen LogP contribution is 2.36. The van der Waals surface area contributed by atoms with Crippen LogP contribution in [0.2, 0.25) is 0 Å². The van der Waals surface area contributed by atoms with Crippen LogP contribution in [-0.2, 0) is 16.1 Å². The molecule has 3 aliphatic rings. The van der Waals surface area contributed by atoms with E-state index in [4.69, 9.17) is 15.6 Å². The summed E-state index contributed by atoms with van der Waals surface area (Å²) in [5.41, 5.74) is 8.35. The molecule has 0 bridgehead atoms. The van der Waals surface area contributed by atoms with Gasteiger partial charge in [0.05, 0.1) is 22.6 Å². The monoisotopic (exact) mass is 674 g/mol. The molecule has 5 heterocycles. The number of piperidine rings is 2. The SMILES string of the molecule is Nc1ncnc2c1c(-c1ccc(Oc3ccccc3)cc1)nn2C1CCN(Cc2ccc3c(c2F)C(=O)N([C@H]2CCC(=O)NC2=O)C3=O)CC1. The third-order valence-electron chi connectivity index (χ3n) is 9.55. The van der Waals surface area contributed by atoms with E-state index in [2.05, 4.69) is 20.2 Å². The zero-order valence-corrected chi connectivity index (χ0v) is 26.7. The first kappa shape index (κ1) is 31.3. The number of rotatable bonds is 7. The summed E-state index contributed by atoms with van der Waals surface area (Å²) in [7, 11) is 0. The second-order valence-electron chi connectivity index (χ2n) is 12.6. The van der Waals surface area contributed by atoms with Gasteiger partial charge in [0.25, 0.3) is 11.8 Å². The minimum Gasteiger partial charge on any atom is -0.457 e. The predicted molar refractivity (Wildman–Crippen MR) is 178 cm³/mol. The Hall–Kier alpha value is -6.02. The molecule has 2 fully saturated rings. The molecule has 3 aromatic carbocycles. The summed E-state index contributed by atoms with van der Waals surface area (Å²) in [6, 6.07) is 18.9. The van der Waals surface area contributed by atoms with Crippen molar-refractivity contribution in [1.29, 1.82) is 0 Å². The molecule has 8 rings (SSSR count).